The molecule has 6 heteroatoms. The molecule has 2 rings (SSSR count). The summed E-state index contributed by atoms with van der Waals surface area (Å²) >= 11 is 1.60. The predicted molar refractivity (Wildman–Crippen MR) is 67.0 cm³/mol. The lowest BCUT2D eigenvalue weighted by atomic mass is 10.4. The maximum Gasteiger partial charge on any atom is 0.102 e. The number of hydrogen-bond donors (Lipinski definition) is 4. The molecule has 2 heterocycles. The third kappa shape index (κ3) is 2.13. The molecule has 0 aromatic carbocycles. The SMILES string of the molecule is Nc1cc2sc(N(CCO)CCO)cc2[nH]1. The average Bonchev–Trinajstić information content (AvgIpc) is 2.74. The second-order valence-electron chi connectivity index (χ2n) is 3.52. The summed E-state index contributed by atoms with van der Waals surface area (Å²) in [7, 11) is 0. The molecule has 16 heavy (non-hydrogen) atoms. The van der Waals surface area contributed by atoms with E-state index in [1.165, 1.54) is 0 Å². The quantitative estimate of drug-likeness (QED) is 0.617. The van der Waals surface area contributed by atoms with Crippen molar-refractivity contribution in [2.45, 2.75) is 0 Å². The van der Waals surface area contributed by atoms with Gasteiger partial charge in [0.25, 0.3) is 0 Å². The van der Waals surface area contributed by atoms with Crippen LogP contribution in [-0.2, 0) is 0 Å². The molecule has 5 nitrogen and oxygen atoms in total. The first kappa shape index (κ1) is 11.3. The standard InChI is InChI=1S/C10H15N3O2S/c11-9-6-8-7(12-9)5-10(16-8)13(1-3-14)2-4-15/h5-6,12,14-15H,1-4,11H2. The van der Waals surface area contributed by atoms with Gasteiger partial charge in [0.05, 0.1) is 28.4 Å². The number of nitrogens with one attached hydrogen (secondary N) is 1. The lowest BCUT2D eigenvalue weighted by Gasteiger charge is -2.20. The van der Waals surface area contributed by atoms with Crippen LogP contribution in [0, 0.1) is 0 Å². The Hall–Kier alpha value is -1.24. The van der Waals surface area contributed by atoms with E-state index in [0.29, 0.717) is 18.9 Å². The number of fused-ring (bicyclic) bond motifs is 1. The van der Waals surface area contributed by atoms with Gasteiger partial charge in [-0.2, -0.15) is 0 Å². The lowest BCUT2D eigenvalue weighted by molar-refractivity contribution is 0.281. The zero-order valence-corrected chi connectivity index (χ0v) is 9.63. The number of H-pyrrole nitrogens is 1. The van der Waals surface area contributed by atoms with Crippen LogP contribution in [0.5, 0.6) is 0 Å². The van der Waals surface area contributed by atoms with E-state index in [1.54, 1.807) is 11.3 Å². The number of hydrogen-bond acceptors (Lipinski definition) is 5. The van der Waals surface area contributed by atoms with Crippen LogP contribution in [0.2, 0.25) is 0 Å². The van der Waals surface area contributed by atoms with Crippen molar-refractivity contribution in [2.75, 3.05) is 36.9 Å². The minimum atomic E-state index is 0.0774. The lowest BCUT2D eigenvalue weighted by Crippen LogP contribution is -2.28. The smallest absolute Gasteiger partial charge is 0.102 e. The highest BCUT2D eigenvalue weighted by Gasteiger charge is 2.10. The van der Waals surface area contributed by atoms with E-state index in [-0.39, 0.29) is 13.2 Å². The topological polar surface area (TPSA) is 85.5 Å². The molecule has 0 amide bonds. The van der Waals surface area contributed by atoms with Crippen LogP contribution >= 0.6 is 11.3 Å². The Morgan fingerprint density at radius 1 is 1.25 bits per heavy atom. The molecule has 5 N–H and O–H groups in total. The summed E-state index contributed by atoms with van der Waals surface area (Å²) in [6, 6.07) is 3.88. The molecule has 0 aliphatic carbocycles. The maximum atomic E-state index is 8.95. The highest BCUT2D eigenvalue weighted by atomic mass is 32.1. The predicted octanol–water partition coefficient (Wildman–Crippen LogP) is 0.603. The van der Waals surface area contributed by atoms with Crippen molar-refractivity contribution < 1.29 is 10.2 Å². The molecule has 0 bridgehead atoms. The Bertz CT molecular complexity index is 428. The average molecular weight is 241 g/mol. The number of nitrogens with two attached hydrogens (primary N) is 1. The third-order valence-corrected chi connectivity index (χ3v) is 3.51. The number of aliphatic hydroxyl groups excluding tert-OH is 2. The summed E-state index contributed by atoms with van der Waals surface area (Å²) in [6.07, 6.45) is 0. The van der Waals surface area contributed by atoms with Crippen molar-refractivity contribution in [3.8, 4) is 0 Å². The first-order valence-corrected chi connectivity index (χ1v) is 5.91. The van der Waals surface area contributed by atoms with Gasteiger partial charge in [-0.05, 0) is 12.1 Å². The van der Waals surface area contributed by atoms with Gasteiger partial charge in [-0.25, -0.2) is 0 Å². The molecule has 0 aliphatic rings. The molecule has 0 fully saturated rings. The summed E-state index contributed by atoms with van der Waals surface area (Å²) in [5.41, 5.74) is 6.63. The van der Waals surface area contributed by atoms with E-state index in [4.69, 9.17) is 15.9 Å². The number of rotatable bonds is 5. The summed E-state index contributed by atoms with van der Waals surface area (Å²) in [6.45, 7) is 1.21. The van der Waals surface area contributed by atoms with Gasteiger partial charge in [0, 0.05) is 13.1 Å². The van der Waals surface area contributed by atoms with Crippen molar-refractivity contribution in [2.24, 2.45) is 0 Å². The van der Waals surface area contributed by atoms with E-state index in [0.717, 1.165) is 15.2 Å². The zero-order chi connectivity index (χ0) is 11.5. The molecule has 0 unspecified atom stereocenters. The number of aromatic amines is 1. The molecule has 0 radical (unpaired) electrons. The molecular formula is C10H15N3O2S. The second kappa shape index (κ2) is 4.73. The van der Waals surface area contributed by atoms with Crippen LogP contribution in [0.4, 0.5) is 10.8 Å². The number of aromatic nitrogens is 1. The molecule has 0 spiro atoms. The largest absolute Gasteiger partial charge is 0.395 e. The fourth-order valence-electron chi connectivity index (χ4n) is 1.66. The Morgan fingerprint density at radius 3 is 2.50 bits per heavy atom. The number of nitrogen functional groups attached to an aromatic ring is 1. The van der Waals surface area contributed by atoms with Crippen LogP contribution in [0.3, 0.4) is 0 Å². The van der Waals surface area contributed by atoms with Crippen molar-refractivity contribution >= 4 is 32.4 Å². The van der Waals surface area contributed by atoms with Gasteiger partial charge in [0.2, 0.25) is 0 Å². The molecular weight excluding hydrogens is 226 g/mol. The Kier molecular flexibility index (Phi) is 3.33. The summed E-state index contributed by atoms with van der Waals surface area (Å²) in [4.78, 5) is 5.01. The fraction of sp³-hybridized carbons (Fsp3) is 0.400. The molecule has 0 saturated heterocycles. The van der Waals surface area contributed by atoms with Crippen molar-refractivity contribution in [3.63, 3.8) is 0 Å². The highest BCUT2D eigenvalue weighted by Crippen LogP contribution is 2.33. The molecule has 0 atom stereocenters. The molecule has 88 valence electrons. The van der Waals surface area contributed by atoms with Gasteiger partial charge in [-0.15, -0.1) is 11.3 Å². The zero-order valence-electron chi connectivity index (χ0n) is 8.81. The molecule has 0 aliphatic heterocycles. The first-order valence-electron chi connectivity index (χ1n) is 5.09. The van der Waals surface area contributed by atoms with Gasteiger partial charge in [-0.1, -0.05) is 0 Å². The van der Waals surface area contributed by atoms with E-state index in [9.17, 15) is 0 Å². The van der Waals surface area contributed by atoms with E-state index in [1.807, 2.05) is 17.0 Å². The summed E-state index contributed by atoms with van der Waals surface area (Å²) in [5, 5.41) is 18.9. The summed E-state index contributed by atoms with van der Waals surface area (Å²) in [5.74, 6) is 0.656. The second-order valence-corrected chi connectivity index (χ2v) is 4.58. The van der Waals surface area contributed by atoms with Crippen LogP contribution in [-0.4, -0.2) is 41.5 Å². The molecule has 2 aromatic heterocycles. The van der Waals surface area contributed by atoms with Gasteiger partial charge in [0.1, 0.15) is 5.82 Å². The number of thiophene rings is 1. The number of nitrogens with zero attached hydrogens (tertiary/aromatic N) is 1. The van der Waals surface area contributed by atoms with Crippen LogP contribution in [0.15, 0.2) is 12.1 Å². The summed E-state index contributed by atoms with van der Waals surface area (Å²) < 4.78 is 1.09. The van der Waals surface area contributed by atoms with Crippen LogP contribution < -0.4 is 10.6 Å². The Balaban J connectivity index is 2.25. The van der Waals surface area contributed by atoms with Gasteiger partial charge < -0.3 is 25.8 Å². The van der Waals surface area contributed by atoms with Gasteiger partial charge in [-0.3, -0.25) is 0 Å². The first-order chi connectivity index (χ1) is 7.74. The van der Waals surface area contributed by atoms with Gasteiger partial charge in [0.15, 0.2) is 0 Å². The van der Waals surface area contributed by atoms with Crippen molar-refractivity contribution in [3.05, 3.63) is 12.1 Å². The van der Waals surface area contributed by atoms with Crippen LogP contribution in [0.25, 0.3) is 10.2 Å². The van der Waals surface area contributed by atoms with E-state index in [2.05, 4.69) is 4.98 Å². The molecule has 0 saturated carbocycles. The van der Waals surface area contributed by atoms with E-state index < -0.39 is 0 Å². The van der Waals surface area contributed by atoms with Gasteiger partial charge >= 0.3 is 0 Å². The van der Waals surface area contributed by atoms with E-state index >= 15 is 0 Å². The number of aliphatic hydroxyl groups is 2. The van der Waals surface area contributed by atoms with Crippen molar-refractivity contribution in [1.82, 2.24) is 4.98 Å². The normalized spacial score (nSPS) is 11.1. The molecule has 2 aromatic rings. The minimum absolute atomic E-state index is 0.0774. The third-order valence-electron chi connectivity index (χ3n) is 2.36. The maximum absolute atomic E-state index is 8.95. The monoisotopic (exact) mass is 241 g/mol. The Morgan fingerprint density at radius 2 is 1.94 bits per heavy atom. The van der Waals surface area contributed by atoms with Crippen molar-refractivity contribution in [1.29, 1.82) is 0 Å². The van der Waals surface area contributed by atoms with Crippen LogP contribution in [0.1, 0.15) is 0 Å². The fourth-order valence-corrected chi connectivity index (χ4v) is 2.78. The Labute approximate surface area is 97.1 Å². The highest BCUT2D eigenvalue weighted by molar-refractivity contribution is 7.22. The minimum Gasteiger partial charge on any atom is -0.395 e. The number of anilines is 2.